The van der Waals surface area contributed by atoms with E-state index in [1.807, 2.05) is 30.3 Å². The van der Waals surface area contributed by atoms with Gasteiger partial charge in [0.25, 0.3) is 0 Å². The van der Waals surface area contributed by atoms with Crippen molar-refractivity contribution in [3.8, 4) is 0 Å². The van der Waals surface area contributed by atoms with Crippen LogP contribution in [-0.4, -0.2) is 40.9 Å². The molecule has 1 saturated heterocycles. The number of anilines is 1. The summed E-state index contributed by atoms with van der Waals surface area (Å²) in [5.74, 6) is -0.0753. The molecule has 7 heteroatoms. The van der Waals surface area contributed by atoms with E-state index in [1.165, 1.54) is 0 Å². The zero-order valence-electron chi connectivity index (χ0n) is 14.5. The lowest BCUT2D eigenvalue weighted by Gasteiger charge is -2.31. The third-order valence-electron chi connectivity index (χ3n) is 4.64. The summed E-state index contributed by atoms with van der Waals surface area (Å²) in [5.41, 5.74) is 6.45. The van der Waals surface area contributed by atoms with Crippen molar-refractivity contribution < 1.29 is 9.59 Å². The molecule has 0 spiro atoms. The highest BCUT2D eigenvalue weighted by molar-refractivity contribution is 5.87. The Balaban J connectivity index is 1.54. The van der Waals surface area contributed by atoms with Crippen molar-refractivity contribution in [2.75, 3.05) is 18.0 Å². The van der Waals surface area contributed by atoms with Crippen molar-refractivity contribution >= 4 is 17.8 Å². The van der Waals surface area contributed by atoms with E-state index in [4.69, 9.17) is 5.73 Å². The highest BCUT2D eigenvalue weighted by Gasteiger charge is 2.28. The van der Waals surface area contributed by atoms with Crippen molar-refractivity contribution in [3.63, 3.8) is 0 Å². The maximum atomic E-state index is 12.6. The predicted molar refractivity (Wildman–Crippen MR) is 98.2 cm³/mol. The average molecular weight is 353 g/mol. The summed E-state index contributed by atoms with van der Waals surface area (Å²) in [7, 11) is 0. The fourth-order valence-electron chi connectivity index (χ4n) is 3.16. The number of aromatic nitrogens is 2. The maximum absolute atomic E-state index is 12.6. The van der Waals surface area contributed by atoms with Crippen LogP contribution in [0.2, 0.25) is 0 Å². The molecule has 0 aliphatic carbocycles. The zero-order chi connectivity index (χ0) is 18.4. The molecule has 1 aromatic heterocycles. The highest BCUT2D eigenvalue weighted by atomic mass is 16.2. The average Bonchev–Trinajstić information content (AvgIpc) is 2.69. The topological polar surface area (TPSA) is 101 Å². The van der Waals surface area contributed by atoms with E-state index in [2.05, 4.69) is 20.2 Å². The SMILES string of the molecule is NC(=O)[C@H](Cc1ccccc1)NC(=O)C1CCN(c2ncccn2)CC1. The molecule has 7 nitrogen and oxygen atoms in total. The van der Waals surface area contributed by atoms with Gasteiger partial charge in [0.1, 0.15) is 6.04 Å². The van der Waals surface area contributed by atoms with Crippen LogP contribution in [0, 0.1) is 5.92 Å². The zero-order valence-corrected chi connectivity index (χ0v) is 14.5. The minimum absolute atomic E-state index is 0.113. The van der Waals surface area contributed by atoms with Gasteiger partial charge in [-0.2, -0.15) is 0 Å². The van der Waals surface area contributed by atoms with Gasteiger partial charge >= 0.3 is 0 Å². The van der Waals surface area contributed by atoms with Gasteiger partial charge < -0.3 is 16.0 Å². The van der Waals surface area contributed by atoms with Crippen LogP contribution in [-0.2, 0) is 16.0 Å². The van der Waals surface area contributed by atoms with Crippen LogP contribution in [0.25, 0.3) is 0 Å². The van der Waals surface area contributed by atoms with Crippen molar-refractivity contribution in [1.82, 2.24) is 15.3 Å². The number of hydrogen-bond acceptors (Lipinski definition) is 5. The quantitative estimate of drug-likeness (QED) is 0.804. The summed E-state index contributed by atoms with van der Waals surface area (Å²) >= 11 is 0. The van der Waals surface area contributed by atoms with Crippen LogP contribution in [0.3, 0.4) is 0 Å². The van der Waals surface area contributed by atoms with Crippen LogP contribution >= 0.6 is 0 Å². The van der Waals surface area contributed by atoms with Gasteiger partial charge in [-0.25, -0.2) is 9.97 Å². The number of rotatable bonds is 6. The number of piperidine rings is 1. The lowest BCUT2D eigenvalue weighted by Crippen LogP contribution is -2.49. The predicted octanol–water partition coefficient (Wildman–Crippen LogP) is 0.906. The van der Waals surface area contributed by atoms with E-state index >= 15 is 0 Å². The first-order chi connectivity index (χ1) is 12.6. The number of primary amides is 1. The van der Waals surface area contributed by atoms with Crippen molar-refractivity contribution in [1.29, 1.82) is 0 Å². The maximum Gasteiger partial charge on any atom is 0.240 e. The summed E-state index contributed by atoms with van der Waals surface area (Å²) in [6, 6.07) is 10.6. The Morgan fingerprint density at radius 1 is 1.12 bits per heavy atom. The molecule has 0 saturated carbocycles. The Kier molecular flexibility index (Phi) is 5.78. The number of nitrogens with two attached hydrogens (primary N) is 1. The van der Waals surface area contributed by atoms with Crippen molar-refractivity contribution in [2.45, 2.75) is 25.3 Å². The second-order valence-electron chi connectivity index (χ2n) is 6.46. The van der Waals surface area contributed by atoms with Gasteiger partial charge in [0.05, 0.1) is 0 Å². The molecule has 2 aromatic rings. The van der Waals surface area contributed by atoms with E-state index < -0.39 is 11.9 Å². The fourth-order valence-corrected chi connectivity index (χ4v) is 3.16. The molecule has 2 amide bonds. The van der Waals surface area contributed by atoms with E-state index in [0.717, 1.165) is 5.56 Å². The lowest BCUT2D eigenvalue weighted by atomic mass is 9.95. The number of benzene rings is 1. The van der Waals surface area contributed by atoms with Gasteiger partial charge in [-0.1, -0.05) is 30.3 Å². The van der Waals surface area contributed by atoms with Crippen LogP contribution in [0.4, 0.5) is 5.95 Å². The second kappa shape index (κ2) is 8.42. The first kappa shape index (κ1) is 17.8. The van der Waals surface area contributed by atoms with E-state index in [-0.39, 0.29) is 11.8 Å². The summed E-state index contributed by atoms with van der Waals surface area (Å²) < 4.78 is 0. The van der Waals surface area contributed by atoms with Crippen LogP contribution < -0.4 is 16.0 Å². The molecule has 1 atom stereocenters. The van der Waals surface area contributed by atoms with Gasteiger partial charge in [-0.15, -0.1) is 0 Å². The van der Waals surface area contributed by atoms with Gasteiger partial charge in [0.2, 0.25) is 17.8 Å². The molecule has 3 rings (SSSR count). The number of carbonyl (C=O) groups is 2. The number of amides is 2. The molecule has 0 radical (unpaired) electrons. The van der Waals surface area contributed by atoms with Gasteiger partial charge in [0, 0.05) is 37.8 Å². The summed E-state index contributed by atoms with van der Waals surface area (Å²) in [4.78, 5) is 34.9. The van der Waals surface area contributed by atoms with E-state index in [9.17, 15) is 9.59 Å². The summed E-state index contributed by atoms with van der Waals surface area (Å²) in [5, 5.41) is 2.83. The first-order valence-electron chi connectivity index (χ1n) is 8.79. The van der Waals surface area contributed by atoms with Crippen molar-refractivity contribution in [3.05, 3.63) is 54.4 Å². The molecule has 3 N–H and O–H groups in total. The molecule has 26 heavy (non-hydrogen) atoms. The molecule has 1 fully saturated rings. The van der Waals surface area contributed by atoms with Crippen LogP contribution in [0.15, 0.2) is 48.8 Å². The monoisotopic (exact) mass is 353 g/mol. The van der Waals surface area contributed by atoms with Gasteiger partial charge in [-0.3, -0.25) is 9.59 Å². The molecule has 1 aliphatic heterocycles. The van der Waals surface area contributed by atoms with Crippen LogP contribution in [0.5, 0.6) is 0 Å². The summed E-state index contributed by atoms with van der Waals surface area (Å²) in [6.45, 7) is 1.42. The normalized spacial score (nSPS) is 16.1. The van der Waals surface area contributed by atoms with Crippen molar-refractivity contribution in [2.24, 2.45) is 11.7 Å². The largest absolute Gasteiger partial charge is 0.368 e. The Bertz CT molecular complexity index is 730. The standard InChI is InChI=1S/C19H23N5O2/c20-17(25)16(13-14-5-2-1-3-6-14)23-18(26)15-7-11-24(12-8-15)19-21-9-4-10-22-19/h1-6,9-10,15-16H,7-8,11-13H2,(H2,20,25)(H,23,26)/t16-/m0/s1. The molecular formula is C19H23N5O2. The number of nitrogens with one attached hydrogen (secondary N) is 1. The molecule has 1 aromatic carbocycles. The molecule has 0 unspecified atom stereocenters. The second-order valence-corrected chi connectivity index (χ2v) is 6.46. The Labute approximate surface area is 152 Å². The van der Waals surface area contributed by atoms with Gasteiger partial charge in [0.15, 0.2) is 0 Å². The Hall–Kier alpha value is -2.96. The fraction of sp³-hybridized carbons (Fsp3) is 0.368. The minimum Gasteiger partial charge on any atom is -0.368 e. The Morgan fingerprint density at radius 2 is 1.77 bits per heavy atom. The minimum atomic E-state index is -0.694. The molecule has 2 heterocycles. The smallest absolute Gasteiger partial charge is 0.240 e. The van der Waals surface area contributed by atoms with Crippen LogP contribution in [0.1, 0.15) is 18.4 Å². The highest BCUT2D eigenvalue weighted by Crippen LogP contribution is 2.20. The van der Waals surface area contributed by atoms with E-state index in [1.54, 1.807) is 18.5 Å². The first-order valence-corrected chi connectivity index (χ1v) is 8.79. The number of hydrogen-bond donors (Lipinski definition) is 2. The number of carbonyl (C=O) groups excluding carboxylic acids is 2. The molecule has 0 bridgehead atoms. The van der Waals surface area contributed by atoms with Gasteiger partial charge in [-0.05, 0) is 24.5 Å². The Morgan fingerprint density at radius 3 is 2.38 bits per heavy atom. The number of nitrogens with zero attached hydrogens (tertiary/aromatic N) is 3. The molecule has 1 aliphatic rings. The lowest BCUT2D eigenvalue weighted by molar-refractivity contribution is -0.130. The third kappa shape index (κ3) is 4.56. The van der Waals surface area contributed by atoms with E-state index in [0.29, 0.717) is 38.3 Å². The third-order valence-corrected chi connectivity index (χ3v) is 4.64. The molecular weight excluding hydrogens is 330 g/mol. The summed E-state index contributed by atoms with van der Waals surface area (Å²) in [6.07, 6.45) is 5.21. The molecule has 136 valence electrons.